The number of rotatable bonds is 1. The van der Waals surface area contributed by atoms with Crippen LogP contribution in [0.1, 0.15) is 5.56 Å². The first-order valence-electron chi connectivity index (χ1n) is 6.10. The summed E-state index contributed by atoms with van der Waals surface area (Å²) in [6, 6.07) is 6.02. The lowest BCUT2D eigenvalue weighted by Crippen LogP contribution is -2.51. The van der Waals surface area contributed by atoms with Gasteiger partial charge in [-0.3, -0.25) is 4.99 Å². The van der Waals surface area contributed by atoms with Crippen molar-refractivity contribution >= 4 is 23.2 Å². The van der Waals surface area contributed by atoms with Crippen molar-refractivity contribution in [1.82, 2.24) is 4.90 Å². The molecule has 5 heteroatoms. The van der Waals surface area contributed by atoms with Gasteiger partial charge in [0.05, 0.1) is 0 Å². The number of aryl methyl sites for hydroxylation is 1. The van der Waals surface area contributed by atoms with E-state index in [0.717, 1.165) is 31.2 Å². The number of aliphatic imine (C=N–C) groups is 1. The molecule has 0 bridgehead atoms. The number of nitrogens with zero attached hydrogens (tertiary/aromatic N) is 3. The highest BCUT2D eigenvalue weighted by Crippen LogP contribution is 2.25. The number of anilines is 1. The van der Waals surface area contributed by atoms with E-state index >= 15 is 0 Å². The van der Waals surface area contributed by atoms with Crippen LogP contribution in [0.15, 0.2) is 23.2 Å². The fourth-order valence-electron chi connectivity index (χ4n) is 2.24. The highest BCUT2D eigenvalue weighted by Gasteiger charge is 2.19. The quantitative estimate of drug-likeness (QED) is 0.622. The molecule has 0 aromatic heterocycles. The molecule has 0 saturated carbocycles. The normalized spacial score (nSPS) is 17.2. The van der Waals surface area contributed by atoms with E-state index in [1.807, 2.05) is 12.1 Å². The van der Waals surface area contributed by atoms with Crippen LogP contribution in [0.3, 0.4) is 0 Å². The number of guanidine groups is 1. The fourth-order valence-corrected chi connectivity index (χ4v) is 2.41. The van der Waals surface area contributed by atoms with E-state index in [0.29, 0.717) is 5.96 Å². The maximum absolute atomic E-state index is 6.06. The minimum absolute atomic E-state index is 0.623. The molecule has 0 unspecified atom stereocenters. The number of benzene rings is 1. The zero-order chi connectivity index (χ0) is 13.1. The fraction of sp³-hybridized carbons (Fsp3) is 0.462. The van der Waals surface area contributed by atoms with Gasteiger partial charge in [0.25, 0.3) is 0 Å². The molecule has 18 heavy (non-hydrogen) atoms. The number of hydrogen-bond donors (Lipinski definition) is 1. The third-order valence-corrected chi connectivity index (χ3v) is 3.58. The van der Waals surface area contributed by atoms with E-state index in [4.69, 9.17) is 17.3 Å². The van der Waals surface area contributed by atoms with Gasteiger partial charge in [0.2, 0.25) is 0 Å². The average Bonchev–Trinajstić information content (AvgIpc) is 2.41. The van der Waals surface area contributed by atoms with Crippen molar-refractivity contribution in [2.75, 3.05) is 38.1 Å². The highest BCUT2D eigenvalue weighted by atomic mass is 35.5. The molecule has 0 aliphatic carbocycles. The van der Waals surface area contributed by atoms with Crippen molar-refractivity contribution in [1.29, 1.82) is 0 Å². The van der Waals surface area contributed by atoms with Gasteiger partial charge in [-0.25, -0.2) is 0 Å². The topological polar surface area (TPSA) is 44.9 Å². The van der Waals surface area contributed by atoms with E-state index in [9.17, 15) is 0 Å². The molecular weight excluding hydrogens is 248 g/mol. The molecule has 1 aliphatic heterocycles. The Balaban J connectivity index is 2.08. The van der Waals surface area contributed by atoms with Crippen LogP contribution in [-0.2, 0) is 0 Å². The van der Waals surface area contributed by atoms with Gasteiger partial charge in [-0.05, 0) is 24.6 Å². The van der Waals surface area contributed by atoms with E-state index in [2.05, 4.69) is 27.8 Å². The Kier molecular flexibility index (Phi) is 3.97. The van der Waals surface area contributed by atoms with Crippen molar-refractivity contribution in [3.8, 4) is 0 Å². The SMILES string of the molecule is CN=C(N)N1CCN(c2cc(Cl)ccc2C)CC1. The van der Waals surface area contributed by atoms with Gasteiger partial charge < -0.3 is 15.5 Å². The molecule has 1 fully saturated rings. The molecule has 4 nitrogen and oxygen atoms in total. The predicted octanol–water partition coefficient (Wildman–Crippen LogP) is 1.71. The Morgan fingerprint density at radius 2 is 1.94 bits per heavy atom. The largest absolute Gasteiger partial charge is 0.370 e. The summed E-state index contributed by atoms with van der Waals surface area (Å²) in [6.45, 7) is 5.79. The van der Waals surface area contributed by atoms with Crippen LogP contribution in [0.5, 0.6) is 0 Å². The maximum Gasteiger partial charge on any atom is 0.191 e. The molecule has 98 valence electrons. The average molecular weight is 267 g/mol. The molecule has 2 N–H and O–H groups in total. The summed E-state index contributed by atoms with van der Waals surface area (Å²) >= 11 is 6.06. The van der Waals surface area contributed by atoms with Crippen LogP contribution in [0.2, 0.25) is 5.02 Å². The Bertz CT molecular complexity index is 450. The van der Waals surface area contributed by atoms with Crippen LogP contribution in [-0.4, -0.2) is 44.1 Å². The van der Waals surface area contributed by atoms with Gasteiger partial charge in [0.15, 0.2) is 5.96 Å². The summed E-state index contributed by atoms with van der Waals surface area (Å²) in [5.74, 6) is 0.623. The number of nitrogens with two attached hydrogens (primary N) is 1. The zero-order valence-corrected chi connectivity index (χ0v) is 11.6. The van der Waals surface area contributed by atoms with Crippen molar-refractivity contribution in [3.05, 3.63) is 28.8 Å². The molecule has 0 atom stereocenters. The monoisotopic (exact) mass is 266 g/mol. The van der Waals surface area contributed by atoms with E-state index in [1.165, 1.54) is 11.3 Å². The molecule has 2 rings (SSSR count). The molecule has 1 saturated heterocycles. The van der Waals surface area contributed by atoms with Gasteiger partial charge in [-0.15, -0.1) is 0 Å². The van der Waals surface area contributed by atoms with E-state index in [1.54, 1.807) is 7.05 Å². The minimum atomic E-state index is 0.623. The first-order chi connectivity index (χ1) is 8.61. The van der Waals surface area contributed by atoms with E-state index in [-0.39, 0.29) is 0 Å². The molecule has 1 aliphatic rings. The molecule has 0 spiro atoms. The van der Waals surface area contributed by atoms with Gasteiger partial charge in [-0.2, -0.15) is 0 Å². The first kappa shape index (κ1) is 13.0. The third-order valence-electron chi connectivity index (χ3n) is 3.34. The standard InChI is InChI=1S/C13H19ClN4/c1-10-3-4-11(14)9-12(10)17-5-7-18(8-6-17)13(15)16-2/h3-4,9H,5-8H2,1-2H3,(H2,15,16). The first-order valence-corrected chi connectivity index (χ1v) is 6.48. The number of halogens is 1. The van der Waals surface area contributed by atoms with Crippen LogP contribution in [0.25, 0.3) is 0 Å². The number of piperazine rings is 1. The van der Waals surface area contributed by atoms with Gasteiger partial charge in [0.1, 0.15) is 0 Å². The second-order valence-electron chi connectivity index (χ2n) is 4.49. The number of hydrogen-bond acceptors (Lipinski definition) is 2. The van der Waals surface area contributed by atoms with Crippen molar-refractivity contribution in [3.63, 3.8) is 0 Å². The van der Waals surface area contributed by atoms with Gasteiger partial charge in [0, 0.05) is 43.9 Å². The summed E-state index contributed by atoms with van der Waals surface area (Å²) < 4.78 is 0. The maximum atomic E-state index is 6.06. The molecule has 1 heterocycles. The molecular formula is C13H19ClN4. The second kappa shape index (κ2) is 5.48. The Morgan fingerprint density at radius 3 is 2.56 bits per heavy atom. The lowest BCUT2D eigenvalue weighted by Gasteiger charge is -2.37. The third kappa shape index (κ3) is 2.70. The molecule has 1 aromatic carbocycles. The van der Waals surface area contributed by atoms with Gasteiger partial charge in [-0.1, -0.05) is 17.7 Å². The molecule has 1 aromatic rings. The summed E-state index contributed by atoms with van der Waals surface area (Å²) in [7, 11) is 1.73. The lowest BCUT2D eigenvalue weighted by atomic mass is 10.1. The van der Waals surface area contributed by atoms with Crippen molar-refractivity contribution < 1.29 is 0 Å². The molecule has 0 radical (unpaired) electrons. The van der Waals surface area contributed by atoms with E-state index < -0.39 is 0 Å². The Hall–Kier alpha value is -1.42. The van der Waals surface area contributed by atoms with Crippen LogP contribution in [0, 0.1) is 6.92 Å². The minimum Gasteiger partial charge on any atom is -0.370 e. The van der Waals surface area contributed by atoms with Crippen LogP contribution in [0.4, 0.5) is 5.69 Å². The van der Waals surface area contributed by atoms with Crippen LogP contribution < -0.4 is 10.6 Å². The van der Waals surface area contributed by atoms with Crippen LogP contribution >= 0.6 is 11.6 Å². The highest BCUT2D eigenvalue weighted by molar-refractivity contribution is 6.30. The predicted molar refractivity (Wildman–Crippen MR) is 77.5 cm³/mol. The summed E-state index contributed by atoms with van der Waals surface area (Å²) in [6.07, 6.45) is 0. The zero-order valence-electron chi connectivity index (χ0n) is 10.9. The Morgan fingerprint density at radius 1 is 1.28 bits per heavy atom. The second-order valence-corrected chi connectivity index (χ2v) is 4.92. The summed E-state index contributed by atoms with van der Waals surface area (Å²) in [4.78, 5) is 8.48. The lowest BCUT2D eigenvalue weighted by molar-refractivity contribution is 0.381. The smallest absolute Gasteiger partial charge is 0.191 e. The summed E-state index contributed by atoms with van der Waals surface area (Å²) in [5, 5.41) is 0.785. The van der Waals surface area contributed by atoms with Crippen molar-refractivity contribution in [2.24, 2.45) is 10.7 Å². The van der Waals surface area contributed by atoms with Gasteiger partial charge >= 0.3 is 0 Å². The Labute approximate surface area is 113 Å². The van der Waals surface area contributed by atoms with Crippen molar-refractivity contribution in [2.45, 2.75) is 6.92 Å². The summed E-state index contributed by atoms with van der Waals surface area (Å²) in [5.41, 5.74) is 8.29. The molecule has 0 amide bonds.